The average molecular weight is 260 g/mol. The molecule has 7 nitrogen and oxygen atoms in total. The predicted molar refractivity (Wildman–Crippen MR) is 71.3 cm³/mol. The molecular formula is C12H16N6O. The Bertz CT molecular complexity index is 551. The maximum atomic E-state index is 12.0. The number of aryl methyl sites for hydroxylation is 1. The summed E-state index contributed by atoms with van der Waals surface area (Å²) in [5, 5.41) is 6.88. The fourth-order valence-corrected chi connectivity index (χ4v) is 1.69. The molecule has 0 bridgehead atoms. The van der Waals surface area contributed by atoms with Gasteiger partial charge in [-0.3, -0.25) is 9.48 Å². The van der Waals surface area contributed by atoms with Crippen molar-refractivity contribution in [3.8, 4) is 0 Å². The molecule has 2 aromatic heterocycles. The zero-order valence-electron chi connectivity index (χ0n) is 10.6. The van der Waals surface area contributed by atoms with Crippen molar-refractivity contribution in [2.45, 2.75) is 13.5 Å². The second-order valence-corrected chi connectivity index (χ2v) is 4.05. The van der Waals surface area contributed by atoms with Crippen LogP contribution in [0.4, 0.5) is 5.82 Å². The number of hydrogen-bond acceptors (Lipinski definition) is 5. The van der Waals surface area contributed by atoms with Gasteiger partial charge in [-0.1, -0.05) is 0 Å². The molecule has 4 N–H and O–H groups in total. The lowest BCUT2D eigenvalue weighted by Gasteiger charge is -2.08. The van der Waals surface area contributed by atoms with Gasteiger partial charge in [0, 0.05) is 30.2 Å². The number of pyridine rings is 1. The molecule has 0 radical (unpaired) electrons. The largest absolute Gasteiger partial charge is 0.350 e. The number of carbonyl (C=O) groups excluding carboxylic acids is 1. The highest BCUT2D eigenvalue weighted by molar-refractivity contribution is 5.94. The molecule has 7 heteroatoms. The van der Waals surface area contributed by atoms with E-state index in [1.54, 1.807) is 29.9 Å². The summed E-state index contributed by atoms with van der Waals surface area (Å²) in [6, 6.07) is 5.16. The summed E-state index contributed by atoms with van der Waals surface area (Å²) >= 11 is 0. The Balaban J connectivity index is 1.94. The zero-order valence-corrected chi connectivity index (χ0v) is 10.6. The minimum absolute atomic E-state index is 0.158. The quantitative estimate of drug-likeness (QED) is 0.530. The van der Waals surface area contributed by atoms with E-state index in [0.717, 1.165) is 5.69 Å². The van der Waals surface area contributed by atoms with E-state index >= 15 is 0 Å². The van der Waals surface area contributed by atoms with Crippen LogP contribution in [0.25, 0.3) is 0 Å². The van der Waals surface area contributed by atoms with Crippen molar-refractivity contribution in [1.82, 2.24) is 20.1 Å². The number of nitrogens with zero attached hydrogens (tertiary/aromatic N) is 3. The smallest absolute Gasteiger partial charge is 0.251 e. The molecule has 0 unspecified atom stereocenters. The molecule has 0 fully saturated rings. The Kier molecular flexibility index (Phi) is 4.09. The lowest BCUT2D eigenvalue weighted by atomic mass is 10.2. The number of hydrazine groups is 1. The van der Waals surface area contributed by atoms with Crippen molar-refractivity contribution < 1.29 is 4.79 Å². The van der Waals surface area contributed by atoms with Crippen molar-refractivity contribution in [3.63, 3.8) is 0 Å². The standard InChI is InChI=1S/C12H16N6O/c1-9-7-10(8-11(16-9)17-13)12(19)14-4-6-18-5-2-3-15-18/h2-3,5,7-8H,4,6,13H2,1H3,(H,14,19)(H,16,17). The Labute approximate surface area is 110 Å². The van der Waals surface area contributed by atoms with E-state index in [4.69, 9.17) is 5.84 Å². The number of nitrogen functional groups attached to an aromatic ring is 1. The third kappa shape index (κ3) is 3.52. The van der Waals surface area contributed by atoms with Crippen molar-refractivity contribution in [2.75, 3.05) is 12.0 Å². The molecule has 2 aromatic rings. The summed E-state index contributed by atoms with van der Waals surface area (Å²) in [6.07, 6.45) is 3.55. The lowest BCUT2D eigenvalue weighted by molar-refractivity contribution is 0.0952. The number of carbonyl (C=O) groups is 1. The lowest BCUT2D eigenvalue weighted by Crippen LogP contribution is -2.27. The molecular weight excluding hydrogens is 244 g/mol. The van der Waals surface area contributed by atoms with E-state index in [1.807, 2.05) is 12.3 Å². The van der Waals surface area contributed by atoms with Crippen molar-refractivity contribution >= 4 is 11.7 Å². The predicted octanol–water partition coefficient (Wildman–Crippen LogP) is 0.302. The summed E-state index contributed by atoms with van der Waals surface area (Å²) in [7, 11) is 0. The molecule has 0 aliphatic carbocycles. The van der Waals surface area contributed by atoms with Gasteiger partial charge in [-0.2, -0.15) is 5.10 Å². The summed E-state index contributed by atoms with van der Waals surface area (Å²) in [5.41, 5.74) is 3.69. The molecule has 1 amide bonds. The normalized spacial score (nSPS) is 10.2. The number of rotatable bonds is 5. The topological polar surface area (TPSA) is 97.9 Å². The average Bonchev–Trinajstić information content (AvgIpc) is 2.91. The van der Waals surface area contributed by atoms with Gasteiger partial charge in [-0.25, -0.2) is 10.8 Å². The minimum Gasteiger partial charge on any atom is -0.350 e. The van der Waals surface area contributed by atoms with Crippen LogP contribution in [0.2, 0.25) is 0 Å². The third-order valence-electron chi connectivity index (χ3n) is 2.55. The van der Waals surface area contributed by atoms with Crippen molar-refractivity contribution in [2.24, 2.45) is 5.84 Å². The molecule has 0 spiro atoms. The molecule has 0 saturated carbocycles. The summed E-state index contributed by atoms with van der Waals surface area (Å²) < 4.78 is 1.75. The maximum absolute atomic E-state index is 12.0. The van der Waals surface area contributed by atoms with Gasteiger partial charge < -0.3 is 10.7 Å². The summed E-state index contributed by atoms with van der Waals surface area (Å²) in [6.45, 7) is 2.94. The van der Waals surface area contributed by atoms with Crippen LogP contribution in [0.15, 0.2) is 30.6 Å². The maximum Gasteiger partial charge on any atom is 0.251 e. The molecule has 2 rings (SSSR count). The Morgan fingerprint density at radius 3 is 3.00 bits per heavy atom. The highest BCUT2D eigenvalue weighted by atomic mass is 16.1. The van der Waals surface area contributed by atoms with Gasteiger partial charge in [0.05, 0.1) is 6.54 Å². The number of nitrogens with two attached hydrogens (primary N) is 1. The molecule has 0 aliphatic heterocycles. The minimum atomic E-state index is -0.158. The van der Waals surface area contributed by atoms with Gasteiger partial charge in [0.2, 0.25) is 0 Å². The van der Waals surface area contributed by atoms with Crippen LogP contribution in [-0.2, 0) is 6.54 Å². The van der Waals surface area contributed by atoms with Crippen LogP contribution >= 0.6 is 0 Å². The second kappa shape index (κ2) is 5.96. The van der Waals surface area contributed by atoms with E-state index in [9.17, 15) is 4.79 Å². The Morgan fingerprint density at radius 1 is 1.47 bits per heavy atom. The van der Waals surface area contributed by atoms with Crippen LogP contribution in [0.5, 0.6) is 0 Å². The van der Waals surface area contributed by atoms with Crippen LogP contribution in [0.3, 0.4) is 0 Å². The van der Waals surface area contributed by atoms with Crippen LogP contribution < -0.4 is 16.6 Å². The van der Waals surface area contributed by atoms with E-state index in [-0.39, 0.29) is 5.91 Å². The molecule has 0 saturated heterocycles. The zero-order chi connectivity index (χ0) is 13.7. The van der Waals surface area contributed by atoms with Gasteiger partial charge in [-0.05, 0) is 25.1 Å². The Hall–Kier alpha value is -2.41. The molecule has 0 aromatic carbocycles. The molecule has 100 valence electrons. The summed E-state index contributed by atoms with van der Waals surface area (Å²) in [5.74, 6) is 5.61. The fraction of sp³-hybridized carbons (Fsp3) is 0.250. The molecule has 2 heterocycles. The van der Waals surface area contributed by atoms with E-state index < -0.39 is 0 Å². The van der Waals surface area contributed by atoms with Crippen molar-refractivity contribution in [1.29, 1.82) is 0 Å². The fourth-order valence-electron chi connectivity index (χ4n) is 1.69. The van der Waals surface area contributed by atoms with Gasteiger partial charge in [-0.15, -0.1) is 0 Å². The first-order valence-corrected chi connectivity index (χ1v) is 5.90. The number of nitrogens with one attached hydrogen (secondary N) is 2. The first-order chi connectivity index (χ1) is 9.19. The Morgan fingerprint density at radius 2 is 2.32 bits per heavy atom. The first kappa shape index (κ1) is 13.0. The van der Waals surface area contributed by atoms with Gasteiger partial charge in [0.1, 0.15) is 5.82 Å². The highest BCUT2D eigenvalue weighted by Crippen LogP contribution is 2.08. The number of anilines is 1. The van der Waals surface area contributed by atoms with E-state index in [0.29, 0.717) is 24.5 Å². The second-order valence-electron chi connectivity index (χ2n) is 4.05. The van der Waals surface area contributed by atoms with Gasteiger partial charge in [0.25, 0.3) is 5.91 Å². The van der Waals surface area contributed by atoms with Crippen LogP contribution in [0.1, 0.15) is 16.1 Å². The monoisotopic (exact) mass is 260 g/mol. The molecule has 0 atom stereocenters. The first-order valence-electron chi connectivity index (χ1n) is 5.90. The highest BCUT2D eigenvalue weighted by Gasteiger charge is 2.07. The number of aromatic nitrogens is 3. The molecule has 19 heavy (non-hydrogen) atoms. The number of hydrogen-bond donors (Lipinski definition) is 3. The van der Waals surface area contributed by atoms with E-state index in [1.165, 1.54) is 0 Å². The van der Waals surface area contributed by atoms with Crippen LogP contribution in [-0.4, -0.2) is 27.2 Å². The third-order valence-corrected chi connectivity index (χ3v) is 2.55. The SMILES string of the molecule is Cc1cc(C(=O)NCCn2cccn2)cc(NN)n1. The van der Waals surface area contributed by atoms with Crippen molar-refractivity contribution in [3.05, 3.63) is 41.9 Å². The van der Waals surface area contributed by atoms with Crippen LogP contribution in [0, 0.1) is 6.92 Å². The van der Waals surface area contributed by atoms with Gasteiger partial charge in [0.15, 0.2) is 0 Å². The summed E-state index contributed by atoms with van der Waals surface area (Å²) in [4.78, 5) is 16.1. The van der Waals surface area contributed by atoms with E-state index in [2.05, 4.69) is 20.8 Å². The number of amides is 1. The molecule has 0 aliphatic rings. The van der Waals surface area contributed by atoms with Gasteiger partial charge >= 0.3 is 0 Å².